The molecule has 3 aromatic rings. The number of ether oxygens (including phenoxy) is 2. The lowest BCUT2D eigenvalue weighted by atomic mass is 10.1. The lowest BCUT2D eigenvalue weighted by Crippen LogP contribution is -2.21. The van der Waals surface area contributed by atoms with Crippen LogP contribution in [-0.2, 0) is 11.8 Å². The van der Waals surface area contributed by atoms with E-state index >= 15 is 0 Å². The molecule has 144 valence electrons. The second-order valence-corrected chi connectivity index (χ2v) is 7.97. The highest BCUT2D eigenvalue weighted by Gasteiger charge is 2.24. The zero-order valence-corrected chi connectivity index (χ0v) is 16.3. The molecule has 8 heteroatoms. The number of nitrogens with one attached hydrogen (secondary N) is 1. The Kier molecular flexibility index (Phi) is 4.27. The van der Waals surface area contributed by atoms with E-state index in [0.29, 0.717) is 5.82 Å². The minimum atomic E-state index is 0.0900. The predicted molar refractivity (Wildman–Crippen MR) is 106 cm³/mol. The first-order valence-corrected chi connectivity index (χ1v) is 10.3. The Labute approximate surface area is 166 Å². The van der Waals surface area contributed by atoms with E-state index in [0.717, 1.165) is 59.1 Å². The van der Waals surface area contributed by atoms with E-state index in [9.17, 15) is 4.79 Å². The third kappa shape index (κ3) is 3.13. The van der Waals surface area contributed by atoms with Gasteiger partial charge in [0.25, 0.3) is 0 Å². The highest BCUT2D eigenvalue weighted by Crippen LogP contribution is 2.37. The number of carbonyl (C=O) groups excluding carboxylic acids is 1. The van der Waals surface area contributed by atoms with Gasteiger partial charge in [0.1, 0.15) is 16.5 Å². The van der Waals surface area contributed by atoms with Crippen LogP contribution in [0.15, 0.2) is 29.6 Å². The molecule has 0 radical (unpaired) electrons. The Hall–Kier alpha value is -2.87. The molecule has 0 bridgehead atoms. The van der Waals surface area contributed by atoms with Crippen LogP contribution in [0.5, 0.6) is 11.5 Å². The Morgan fingerprint density at radius 2 is 2.00 bits per heavy atom. The van der Waals surface area contributed by atoms with Gasteiger partial charge in [-0.2, -0.15) is 5.10 Å². The number of nitrogens with zero attached hydrogens (tertiary/aromatic N) is 3. The van der Waals surface area contributed by atoms with Crippen LogP contribution in [0.1, 0.15) is 25.7 Å². The van der Waals surface area contributed by atoms with E-state index in [1.165, 1.54) is 11.3 Å². The number of hydrogen-bond acceptors (Lipinski definition) is 6. The number of thiazole rings is 1. The van der Waals surface area contributed by atoms with Crippen molar-refractivity contribution in [1.82, 2.24) is 14.8 Å². The average molecular weight is 396 g/mol. The van der Waals surface area contributed by atoms with Crippen molar-refractivity contribution in [3.8, 4) is 33.5 Å². The number of benzene rings is 1. The molecule has 1 amide bonds. The third-order valence-corrected chi connectivity index (χ3v) is 6.11. The molecule has 0 spiro atoms. The number of hydrogen-bond donors (Lipinski definition) is 1. The number of fused-ring (bicyclic) bond motifs is 1. The van der Waals surface area contributed by atoms with E-state index in [1.807, 2.05) is 36.7 Å². The molecule has 2 aromatic heterocycles. The zero-order chi connectivity index (χ0) is 19.1. The Morgan fingerprint density at radius 1 is 1.18 bits per heavy atom. The minimum absolute atomic E-state index is 0.0900. The largest absolute Gasteiger partial charge is 0.454 e. The zero-order valence-electron chi connectivity index (χ0n) is 15.5. The Bertz CT molecular complexity index is 1040. The normalized spacial score (nSPS) is 15.9. The molecule has 0 unspecified atom stereocenters. The highest BCUT2D eigenvalue weighted by molar-refractivity contribution is 7.13. The first kappa shape index (κ1) is 17.2. The smallest absolute Gasteiger partial charge is 0.231 e. The summed E-state index contributed by atoms with van der Waals surface area (Å²) in [4.78, 5) is 17.1. The van der Waals surface area contributed by atoms with Crippen molar-refractivity contribution in [3.63, 3.8) is 0 Å². The fourth-order valence-electron chi connectivity index (χ4n) is 3.68. The van der Waals surface area contributed by atoms with Gasteiger partial charge in [-0.15, -0.1) is 11.3 Å². The second-order valence-electron chi connectivity index (χ2n) is 7.11. The number of anilines is 1. The topological polar surface area (TPSA) is 78.3 Å². The van der Waals surface area contributed by atoms with Gasteiger partial charge in [-0.1, -0.05) is 12.8 Å². The van der Waals surface area contributed by atoms with Gasteiger partial charge in [0.15, 0.2) is 11.5 Å². The molecule has 1 N–H and O–H groups in total. The summed E-state index contributed by atoms with van der Waals surface area (Å²) < 4.78 is 12.5. The lowest BCUT2D eigenvalue weighted by Gasteiger charge is -2.09. The summed E-state index contributed by atoms with van der Waals surface area (Å²) in [5, 5.41) is 10.4. The van der Waals surface area contributed by atoms with Crippen LogP contribution in [0.2, 0.25) is 0 Å². The summed E-state index contributed by atoms with van der Waals surface area (Å²) in [6, 6.07) is 7.69. The van der Waals surface area contributed by atoms with E-state index in [-0.39, 0.29) is 18.6 Å². The first-order valence-electron chi connectivity index (χ1n) is 9.38. The van der Waals surface area contributed by atoms with Crippen molar-refractivity contribution in [2.75, 3.05) is 12.1 Å². The van der Waals surface area contributed by atoms with Crippen LogP contribution >= 0.6 is 11.3 Å². The lowest BCUT2D eigenvalue weighted by molar-refractivity contribution is -0.119. The fourth-order valence-corrected chi connectivity index (χ4v) is 4.47. The standard InChI is InChI=1S/C20H20N4O3S/c1-24-18(22-19(25)12-4-2-3-5-12)9-14(23-24)20-21-15(10-28-20)13-6-7-16-17(8-13)27-11-26-16/h6-10,12H,2-5,11H2,1H3,(H,22,25). The van der Waals surface area contributed by atoms with Crippen LogP contribution in [0, 0.1) is 5.92 Å². The molecule has 1 saturated carbocycles. The van der Waals surface area contributed by atoms with Gasteiger partial charge in [0.2, 0.25) is 12.7 Å². The van der Waals surface area contributed by atoms with Crippen LogP contribution in [0.4, 0.5) is 5.82 Å². The van der Waals surface area contributed by atoms with E-state index in [1.54, 1.807) is 4.68 Å². The van der Waals surface area contributed by atoms with E-state index in [4.69, 9.17) is 14.5 Å². The molecule has 7 nitrogen and oxygen atoms in total. The van der Waals surface area contributed by atoms with Gasteiger partial charge in [-0.05, 0) is 31.0 Å². The Balaban J connectivity index is 1.36. The van der Waals surface area contributed by atoms with Gasteiger partial charge >= 0.3 is 0 Å². The monoisotopic (exact) mass is 396 g/mol. The van der Waals surface area contributed by atoms with Crippen molar-refractivity contribution in [2.24, 2.45) is 13.0 Å². The number of aromatic nitrogens is 3. The van der Waals surface area contributed by atoms with Crippen molar-refractivity contribution >= 4 is 23.1 Å². The second kappa shape index (κ2) is 6.94. The van der Waals surface area contributed by atoms with Gasteiger partial charge in [0, 0.05) is 30.0 Å². The van der Waals surface area contributed by atoms with Crippen LogP contribution < -0.4 is 14.8 Å². The minimum Gasteiger partial charge on any atom is -0.454 e. The molecule has 3 heterocycles. The van der Waals surface area contributed by atoms with Crippen molar-refractivity contribution in [3.05, 3.63) is 29.6 Å². The molecule has 0 saturated heterocycles. The number of rotatable bonds is 4. The maximum atomic E-state index is 12.4. The van der Waals surface area contributed by atoms with E-state index in [2.05, 4.69) is 10.4 Å². The van der Waals surface area contributed by atoms with Gasteiger partial charge in [-0.25, -0.2) is 4.98 Å². The highest BCUT2D eigenvalue weighted by atomic mass is 32.1. The number of carbonyl (C=O) groups is 1. The molecule has 5 rings (SSSR count). The summed E-state index contributed by atoms with van der Waals surface area (Å²) in [5.74, 6) is 2.41. The molecule has 0 atom stereocenters. The Morgan fingerprint density at radius 3 is 2.86 bits per heavy atom. The van der Waals surface area contributed by atoms with Crippen molar-refractivity contribution < 1.29 is 14.3 Å². The predicted octanol–water partition coefficient (Wildman–Crippen LogP) is 4.07. The maximum Gasteiger partial charge on any atom is 0.231 e. The molecule has 2 aliphatic rings. The quantitative estimate of drug-likeness (QED) is 0.719. The maximum absolute atomic E-state index is 12.4. The summed E-state index contributed by atoms with van der Waals surface area (Å²) >= 11 is 1.53. The van der Waals surface area contributed by atoms with Crippen LogP contribution in [-0.4, -0.2) is 27.5 Å². The number of aryl methyl sites for hydroxylation is 1. The first-order chi connectivity index (χ1) is 13.7. The van der Waals surface area contributed by atoms with E-state index < -0.39 is 0 Å². The summed E-state index contributed by atoms with van der Waals surface area (Å²) in [6.45, 7) is 0.254. The van der Waals surface area contributed by atoms with Gasteiger partial charge in [0.05, 0.1) is 5.69 Å². The van der Waals surface area contributed by atoms with Gasteiger partial charge in [-0.3, -0.25) is 9.48 Å². The molecular weight excluding hydrogens is 376 g/mol. The van der Waals surface area contributed by atoms with Gasteiger partial charge < -0.3 is 14.8 Å². The third-order valence-electron chi connectivity index (χ3n) is 5.25. The van der Waals surface area contributed by atoms with Crippen molar-refractivity contribution in [1.29, 1.82) is 0 Å². The SMILES string of the molecule is Cn1nc(-c2nc(-c3ccc4c(c3)OCO4)cs2)cc1NC(=O)C1CCCC1. The number of amides is 1. The van der Waals surface area contributed by atoms with Crippen molar-refractivity contribution in [2.45, 2.75) is 25.7 Å². The molecule has 1 aromatic carbocycles. The molecule has 1 aliphatic heterocycles. The fraction of sp³-hybridized carbons (Fsp3) is 0.350. The molecular formula is C20H20N4O3S. The summed E-state index contributed by atoms with van der Waals surface area (Å²) in [6.07, 6.45) is 4.22. The molecule has 1 fully saturated rings. The summed E-state index contributed by atoms with van der Waals surface area (Å²) in [7, 11) is 1.83. The molecule has 1 aliphatic carbocycles. The summed E-state index contributed by atoms with van der Waals surface area (Å²) in [5.41, 5.74) is 2.58. The van der Waals surface area contributed by atoms with Crippen LogP contribution in [0.3, 0.4) is 0 Å². The average Bonchev–Trinajstić information content (AvgIpc) is 3.48. The molecule has 28 heavy (non-hydrogen) atoms. The van der Waals surface area contributed by atoms with Crippen LogP contribution in [0.25, 0.3) is 22.0 Å².